The van der Waals surface area contributed by atoms with Crippen molar-refractivity contribution in [2.75, 3.05) is 4.90 Å². The number of anilines is 1. The first kappa shape index (κ1) is 28.0. The quantitative estimate of drug-likeness (QED) is 0.275. The second kappa shape index (κ2) is 11.8. The first-order valence-electron chi connectivity index (χ1n) is 13.6. The number of hydrogen-bond acceptors (Lipinski definition) is 5. The van der Waals surface area contributed by atoms with E-state index in [9.17, 15) is 19.9 Å². The summed E-state index contributed by atoms with van der Waals surface area (Å²) in [5, 5.41) is 21.7. The lowest BCUT2D eigenvalue weighted by molar-refractivity contribution is -0.605. The molecule has 7 nitrogen and oxygen atoms in total. The lowest BCUT2D eigenvalue weighted by Gasteiger charge is -2.39. The fraction of sp³-hybridized carbons (Fsp3) is 0.567. The Balaban J connectivity index is 1.60. The predicted molar refractivity (Wildman–Crippen MR) is 148 cm³/mol. The topological polar surface area (TPSA) is 93.8 Å². The van der Waals surface area contributed by atoms with E-state index in [-0.39, 0.29) is 34.3 Å². The first-order valence-corrected chi connectivity index (χ1v) is 14.4. The van der Waals surface area contributed by atoms with Crippen molar-refractivity contribution >= 4 is 28.9 Å². The molecule has 1 amide bonds. The van der Waals surface area contributed by atoms with Crippen LogP contribution in [0.4, 0.5) is 5.69 Å². The number of carboxylic acids is 1. The van der Waals surface area contributed by atoms with Gasteiger partial charge in [-0.05, 0) is 90.2 Å². The summed E-state index contributed by atoms with van der Waals surface area (Å²) < 4.78 is 6.77. The number of aromatic carboxylic acids is 1. The van der Waals surface area contributed by atoms with E-state index in [1.54, 1.807) is 23.1 Å². The van der Waals surface area contributed by atoms with Crippen LogP contribution in [-0.2, 0) is 4.79 Å². The first-order chi connectivity index (χ1) is 18.0. The number of hydrogen-bond donors (Lipinski definition) is 1. The molecule has 4 rings (SSSR count). The highest BCUT2D eigenvalue weighted by Crippen LogP contribution is 2.39. The minimum absolute atomic E-state index is 0.0346. The van der Waals surface area contributed by atoms with Crippen LogP contribution in [0.3, 0.4) is 0 Å². The summed E-state index contributed by atoms with van der Waals surface area (Å²) in [5.74, 6) is 6.38. The number of rotatable bonds is 6. The maximum absolute atomic E-state index is 14.0. The Morgan fingerprint density at radius 3 is 2.42 bits per heavy atom. The molecule has 2 saturated carbocycles. The molecule has 2 aromatic rings. The van der Waals surface area contributed by atoms with Crippen LogP contribution in [0, 0.1) is 34.3 Å². The summed E-state index contributed by atoms with van der Waals surface area (Å²) in [6.45, 7) is 8.26. The second-order valence-electron chi connectivity index (χ2n) is 11.7. The second-order valence-corrected chi connectivity index (χ2v) is 12.8. The molecule has 0 spiro atoms. The average Bonchev–Trinajstić information content (AvgIpc) is 3.28. The molecule has 2 aliphatic rings. The number of pyridine rings is 1. The third kappa shape index (κ3) is 7.08. The van der Waals surface area contributed by atoms with Crippen molar-refractivity contribution in [2.24, 2.45) is 17.3 Å². The standard InChI is InChI=1S/C30H38N2O5S/c1-20-7-9-21(10-8-20)28(33)32(26-18-25(15-16-30(2,3)4)38-27(26)29(34)35)22-11-13-23(14-12-22)37-24-6-5-17-31(36)19-24/h5-6,17-23H,7-14H2,1-4H3,(H,34,35). The van der Waals surface area contributed by atoms with Crippen molar-refractivity contribution in [2.45, 2.75) is 91.2 Å². The third-order valence-electron chi connectivity index (χ3n) is 7.39. The molecule has 1 N–H and O–H groups in total. The highest BCUT2D eigenvalue weighted by atomic mass is 32.1. The van der Waals surface area contributed by atoms with E-state index in [0.29, 0.717) is 47.9 Å². The van der Waals surface area contributed by atoms with E-state index in [2.05, 4.69) is 18.8 Å². The normalized spacial score (nSPS) is 23.7. The number of amides is 1. The van der Waals surface area contributed by atoms with Gasteiger partial charge in [-0.15, -0.1) is 11.3 Å². The molecular formula is C30H38N2O5S. The molecule has 0 aromatic carbocycles. The summed E-state index contributed by atoms with van der Waals surface area (Å²) in [4.78, 5) is 29.0. The van der Waals surface area contributed by atoms with Gasteiger partial charge in [-0.3, -0.25) is 4.79 Å². The van der Waals surface area contributed by atoms with Gasteiger partial charge in [0, 0.05) is 23.4 Å². The monoisotopic (exact) mass is 538 g/mol. The summed E-state index contributed by atoms with van der Waals surface area (Å²) in [6.07, 6.45) is 9.29. The Kier molecular flexibility index (Phi) is 8.67. The number of ether oxygens (including phenoxy) is 1. The SMILES string of the molecule is CC1CCC(C(=O)N(c2cc(C#CC(C)(C)C)sc2C(=O)O)C2CCC(Oc3ccc[n+]([O-])c3)CC2)CC1. The molecule has 204 valence electrons. The molecule has 0 aliphatic heterocycles. The van der Waals surface area contributed by atoms with Crippen LogP contribution >= 0.6 is 11.3 Å². The molecule has 2 heterocycles. The molecule has 38 heavy (non-hydrogen) atoms. The molecule has 2 aromatic heterocycles. The highest BCUT2D eigenvalue weighted by molar-refractivity contribution is 7.15. The Hall–Kier alpha value is -3.05. The number of thiophene rings is 1. The van der Waals surface area contributed by atoms with Gasteiger partial charge in [-0.1, -0.05) is 18.8 Å². The van der Waals surface area contributed by atoms with Crippen molar-refractivity contribution in [3.63, 3.8) is 0 Å². The van der Waals surface area contributed by atoms with Gasteiger partial charge in [0.1, 0.15) is 4.88 Å². The van der Waals surface area contributed by atoms with Crippen molar-refractivity contribution in [3.05, 3.63) is 45.6 Å². The summed E-state index contributed by atoms with van der Waals surface area (Å²) in [7, 11) is 0. The zero-order valence-electron chi connectivity index (χ0n) is 22.7. The van der Waals surface area contributed by atoms with Crippen molar-refractivity contribution in [3.8, 4) is 17.6 Å². The van der Waals surface area contributed by atoms with Crippen LogP contribution in [0.15, 0.2) is 30.6 Å². The van der Waals surface area contributed by atoms with Gasteiger partial charge >= 0.3 is 5.97 Å². The Labute approximate surface area is 229 Å². The van der Waals surface area contributed by atoms with Gasteiger partial charge in [0.05, 0.1) is 16.7 Å². The van der Waals surface area contributed by atoms with Gasteiger partial charge < -0.3 is 20.0 Å². The Morgan fingerprint density at radius 2 is 1.82 bits per heavy atom. The Morgan fingerprint density at radius 1 is 1.13 bits per heavy atom. The van der Waals surface area contributed by atoms with Crippen LogP contribution < -0.4 is 14.4 Å². The van der Waals surface area contributed by atoms with E-state index in [1.165, 1.54) is 12.4 Å². The van der Waals surface area contributed by atoms with Crippen LogP contribution in [0.5, 0.6) is 5.75 Å². The largest absolute Gasteiger partial charge is 0.619 e. The third-order valence-corrected chi connectivity index (χ3v) is 8.42. The molecule has 0 atom stereocenters. The molecule has 2 fully saturated rings. The number of carbonyl (C=O) groups excluding carboxylic acids is 1. The molecule has 2 aliphatic carbocycles. The van der Waals surface area contributed by atoms with E-state index in [1.807, 2.05) is 20.8 Å². The van der Waals surface area contributed by atoms with Crippen LogP contribution in [0.25, 0.3) is 0 Å². The number of carboxylic acid groups (broad SMARTS) is 1. The minimum atomic E-state index is -1.03. The lowest BCUT2D eigenvalue weighted by atomic mass is 9.81. The minimum Gasteiger partial charge on any atom is -0.619 e. The predicted octanol–water partition coefficient (Wildman–Crippen LogP) is 6.03. The zero-order valence-corrected chi connectivity index (χ0v) is 23.6. The number of aromatic nitrogens is 1. The van der Waals surface area contributed by atoms with Gasteiger partial charge in [-0.2, -0.15) is 4.73 Å². The van der Waals surface area contributed by atoms with Crippen LogP contribution in [0.1, 0.15) is 93.6 Å². The maximum atomic E-state index is 14.0. The van der Waals surface area contributed by atoms with Crippen LogP contribution in [0.2, 0.25) is 0 Å². The smallest absolute Gasteiger partial charge is 0.348 e. The van der Waals surface area contributed by atoms with Gasteiger partial charge in [0.25, 0.3) is 0 Å². The highest BCUT2D eigenvalue weighted by Gasteiger charge is 2.38. The summed E-state index contributed by atoms with van der Waals surface area (Å²) >= 11 is 1.15. The molecule has 8 heteroatoms. The van der Waals surface area contributed by atoms with E-state index in [0.717, 1.165) is 41.8 Å². The zero-order chi connectivity index (χ0) is 27.4. The lowest BCUT2D eigenvalue weighted by Crippen LogP contribution is -2.47. The average molecular weight is 539 g/mol. The fourth-order valence-corrected chi connectivity index (χ4v) is 6.18. The summed E-state index contributed by atoms with van der Waals surface area (Å²) in [5.41, 5.74) is 0.258. The molecule has 0 unspecified atom stereocenters. The van der Waals surface area contributed by atoms with Crippen molar-refractivity contribution in [1.82, 2.24) is 0 Å². The van der Waals surface area contributed by atoms with Gasteiger partial charge in [-0.25, -0.2) is 4.79 Å². The molecule has 0 radical (unpaired) electrons. The maximum Gasteiger partial charge on any atom is 0.348 e. The van der Waals surface area contributed by atoms with E-state index >= 15 is 0 Å². The number of nitrogens with zero attached hydrogens (tertiary/aromatic N) is 2. The molecule has 0 bridgehead atoms. The summed E-state index contributed by atoms with van der Waals surface area (Å²) in [6, 6.07) is 5.11. The molecule has 0 saturated heterocycles. The van der Waals surface area contributed by atoms with Crippen LogP contribution in [-0.4, -0.2) is 29.1 Å². The van der Waals surface area contributed by atoms with E-state index < -0.39 is 5.97 Å². The van der Waals surface area contributed by atoms with Gasteiger partial charge in [0.15, 0.2) is 11.9 Å². The number of carbonyl (C=O) groups is 2. The Bertz CT molecular complexity index is 1210. The fourth-order valence-electron chi connectivity index (χ4n) is 5.34. The van der Waals surface area contributed by atoms with E-state index in [4.69, 9.17) is 4.74 Å². The van der Waals surface area contributed by atoms with Gasteiger partial charge in [0.2, 0.25) is 12.1 Å². The van der Waals surface area contributed by atoms with Crippen molar-refractivity contribution in [1.29, 1.82) is 0 Å². The molecular weight excluding hydrogens is 500 g/mol. The van der Waals surface area contributed by atoms with Crippen molar-refractivity contribution < 1.29 is 24.2 Å².